The van der Waals surface area contributed by atoms with Gasteiger partial charge in [0.25, 0.3) is 0 Å². The average molecular weight is 320 g/mol. The molecule has 2 fully saturated rings. The Morgan fingerprint density at radius 3 is 2.50 bits per heavy atom. The lowest BCUT2D eigenvalue weighted by Crippen LogP contribution is -1.93. The van der Waals surface area contributed by atoms with E-state index in [4.69, 9.17) is 11.6 Å². The standard InChI is InChI=1S/C13H16BrClS/c1-7-6-10(14)13(16-7)12(15)11-8-4-2-3-5-9(8)11/h6,8-9,11-12H,2-5H2,1H3. The first-order valence-electron chi connectivity index (χ1n) is 6.08. The van der Waals surface area contributed by atoms with Crippen LogP contribution in [0.5, 0.6) is 0 Å². The molecular formula is C13H16BrClS. The summed E-state index contributed by atoms with van der Waals surface area (Å²) in [5, 5.41) is 0.251. The molecule has 1 heterocycles. The minimum absolute atomic E-state index is 0.251. The number of fused-ring (bicyclic) bond motifs is 1. The lowest BCUT2D eigenvalue weighted by molar-refractivity contribution is 0.480. The second kappa shape index (κ2) is 4.29. The molecule has 16 heavy (non-hydrogen) atoms. The van der Waals surface area contributed by atoms with Gasteiger partial charge in [-0.05, 0) is 59.5 Å². The van der Waals surface area contributed by atoms with Gasteiger partial charge in [-0.2, -0.15) is 0 Å². The molecule has 2 aliphatic carbocycles. The van der Waals surface area contributed by atoms with Crippen LogP contribution < -0.4 is 0 Å². The SMILES string of the molecule is Cc1cc(Br)c(C(Cl)C2C3CCCCC32)s1. The monoisotopic (exact) mass is 318 g/mol. The number of hydrogen-bond acceptors (Lipinski definition) is 1. The predicted octanol–water partition coefficient (Wildman–Crippen LogP) is 5.54. The third-order valence-electron chi connectivity index (χ3n) is 4.15. The maximum Gasteiger partial charge on any atom is 0.0723 e. The number of halogens is 2. The van der Waals surface area contributed by atoms with E-state index in [-0.39, 0.29) is 5.38 Å². The lowest BCUT2D eigenvalue weighted by Gasteiger charge is -2.07. The molecule has 0 spiro atoms. The molecule has 1 aromatic rings. The summed E-state index contributed by atoms with van der Waals surface area (Å²) in [6.45, 7) is 2.16. The molecule has 0 bridgehead atoms. The number of rotatable bonds is 2. The molecule has 2 saturated carbocycles. The van der Waals surface area contributed by atoms with Gasteiger partial charge in [0.05, 0.1) is 5.38 Å². The normalized spacial score (nSPS) is 34.6. The zero-order chi connectivity index (χ0) is 11.3. The van der Waals surface area contributed by atoms with Crippen molar-refractivity contribution in [3.63, 3.8) is 0 Å². The fraction of sp³-hybridized carbons (Fsp3) is 0.692. The number of thiophene rings is 1. The molecule has 0 saturated heterocycles. The van der Waals surface area contributed by atoms with Crippen LogP contribution in [0.1, 0.15) is 40.8 Å². The fourth-order valence-electron chi connectivity index (χ4n) is 3.35. The van der Waals surface area contributed by atoms with Gasteiger partial charge in [-0.3, -0.25) is 0 Å². The van der Waals surface area contributed by atoms with Gasteiger partial charge in [-0.15, -0.1) is 22.9 Å². The van der Waals surface area contributed by atoms with E-state index in [9.17, 15) is 0 Å². The molecule has 0 amide bonds. The highest BCUT2D eigenvalue weighted by Gasteiger charge is 2.54. The third kappa shape index (κ3) is 1.87. The Morgan fingerprint density at radius 1 is 1.38 bits per heavy atom. The van der Waals surface area contributed by atoms with Crippen molar-refractivity contribution in [1.82, 2.24) is 0 Å². The van der Waals surface area contributed by atoms with Crippen LogP contribution in [0.2, 0.25) is 0 Å². The highest BCUT2D eigenvalue weighted by Crippen LogP contribution is 2.63. The molecule has 88 valence electrons. The number of alkyl halides is 1. The van der Waals surface area contributed by atoms with Crippen LogP contribution in [0.25, 0.3) is 0 Å². The third-order valence-corrected chi connectivity index (χ3v) is 6.84. The van der Waals surface area contributed by atoms with Crippen molar-refractivity contribution in [2.75, 3.05) is 0 Å². The highest BCUT2D eigenvalue weighted by molar-refractivity contribution is 9.10. The first-order valence-corrected chi connectivity index (χ1v) is 8.13. The van der Waals surface area contributed by atoms with Crippen molar-refractivity contribution in [2.45, 2.75) is 38.0 Å². The molecule has 3 rings (SSSR count). The Morgan fingerprint density at radius 2 is 2.00 bits per heavy atom. The van der Waals surface area contributed by atoms with Crippen LogP contribution >= 0.6 is 38.9 Å². The van der Waals surface area contributed by atoms with Crippen molar-refractivity contribution < 1.29 is 0 Å². The van der Waals surface area contributed by atoms with Gasteiger partial charge in [0, 0.05) is 14.2 Å². The molecule has 0 aromatic carbocycles. The summed E-state index contributed by atoms with van der Waals surface area (Å²) in [6.07, 6.45) is 5.68. The summed E-state index contributed by atoms with van der Waals surface area (Å²) in [5.41, 5.74) is 0. The van der Waals surface area contributed by atoms with Crippen LogP contribution in [0, 0.1) is 24.7 Å². The van der Waals surface area contributed by atoms with Gasteiger partial charge < -0.3 is 0 Å². The largest absolute Gasteiger partial charge is 0.143 e. The quantitative estimate of drug-likeness (QED) is 0.628. The van der Waals surface area contributed by atoms with Crippen molar-refractivity contribution in [1.29, 1.82) is 0 Å². The summed E-state index contributed by atoms with van der Waals surface area (Å²) in [6, 6.07) is 2.20. The average Bonchev–Trinajstić information content (AvgIpc) is 2.89. The van der Waals surface area contributed by atoms with E-state index in [1.54, 1.807) is 0 Å². The second-order valence-corrected chi connectivity index (χ2v) is 7.77. The summed E-state index contributed by atoms with van der Waals surface area (Å²) in [7, 11) is 0. The molecule has 2 aliphatic rings. The van der Waals surface area contributed by atoms with Gasteiger partial charge in [0.2, 0.25) is 0 Å². The van der Waals surface area contributed by atoms with Gasteiger partial charge in [-0.25, -0.2) is 0 Å². The van der Waals surface area contributed by atoms with Gasteiger partial charge in [0.1, 0.15) is 0 Å². The maximum absolute atomic E-state index is 6.68. The molecule has 3 unspecified atom stereocenters. The molecule has 1 aromatic heterocycles. The van der Waals surface area contributed by atoms with Gasteiger partial charge in [-0.1, -0.05) is 12.8 Å². The Balaban J connectivity index is 1.78. The Hall–Kier alpha value is 0.470. The van der Waals surface area contributed by atoms with Crippen LogP contribution in [-0.2, 0) is 0 Å². The van der Waals surface area contributed by atoms with E-state index < -0.39 is 0 Å². The molecule has 0 aliphatic heterocycles. The molecular weight excluding hydrogens is 304 g/mol. The fourth-order valence-corrected chi connectivity index (χ4v) is 6.04. The minimum atomic E-state index is 0.251. The van der Waals surface area contributed by atoms with E-state index in [1.807, 2.05) is 11.3 Å². The second-order valence-electron chi connectivity index (χ2n) is 5.16. The Bertz CT molecular complexity index is 389. The first kappa shape index (κ1) is 11.6. The van der Waals surface area contributed by atoms with Crippen LogP contribution in [0.4, 0.5) is 0 Å². The van der Waals surface area contributed by atoms with E-state index in [0.29, 0.717) is 0 Å². The molecule has 0 N–H and O–H groups in total. The van der Waals surface area contributed by atoms with E-state index >= 15 is 0 Å². The smallest absolute Gasteiger partial charge is 0.0723 e. The molecule has 0 radical (unpaired) electrons. The molecule has 0 nitrogen and oxygen atoms in total. The van der Waals surface area contributed by atoms with Crippen molar-refractivity contribution >= 4 is 38.9 Å². The van der Waals surface area contributed by atoms with E-state index in [0.717, 1.165) is 17.8 Å². The van der Waals surface area contributed by atoms with Gasteiger partial charge in [0.15, 0.2) is 0 Å². The topological polar surface area (TPSA) is 0 Å². The maximum atomic E-state index is 6.68. The molecule has 3 atom stereocenters. The Kier molecular flexibility index (Phi) is 3.10. The van der Waals surface area contributed by atoms with Crippen molar-refractivity contribution in [2.24, 2.45) is 17.8 Å². The molecule has 3 heteroatoms. The number of aryl methyl sites for hydroxylation is 1. The van der Waals surface area contributed by atoms with E-state index in [2.05, 4.69) is 28.9 Å². The zero-order valence-corrected chi connectivity index (χ0v) is 12.5. The summed E-state index contributed by atoms with van der Waals surface area (Å²) >= 11 is 12.2. The summed E-state index contributed by atoms with van der Waals surface area (Å²) < 4.78 is 1.22. The zero-order valence-electron chi connectivity index (χ0n) is 9.38. The van der Waals surface area contributed by atoms with Crippen molar-refractivity contribution in [3.8, 4) is 0 Å². The van der Waals surface area contributed by atoms with Crippen LogP contribution in [0.3, 0.4) is 0 Å². The van der Waals surface area contributed by atoms with E-state index in [1.165, 1.54) is 39.9 Å². The lowest BCUT2D eigenvalue weighted by atomic mass is 10.0. The predicted molar refractivity (Wildman–Crippen MR) is 74.3 cm³/mol. The minimum Gasteiger partial charge on any atom is -0.143 e. The van der Waals surface area contributed by atoms with Crippen molar-refractivity contribution in [3.05, 3.63) is 20.3 Å². The first-order chi connectivity index (χ1) is 7.68. The highest BCUT2D eigenvalue weighted by atomic mass is 79.9. The number of hydrogen-bond donors (Lipinski definition) is 0. The van der Waals surface area contributed by atoms with Crippen LogP contribution in [-0.4, -0.2) is 0 Å². The summed E-state index contributed by atoms with van der Waals surface area (Å²) in [4.78, 5) is 2.72. The Labute approximate surface area is 115 Å². The summed E-state index contributed by atoms with van der Waals surface area (Å²) in [5.74, 6) is 2.63. The van der Waals surface area contributed by atoms with Gasteiger partial charge >= 0.3 is 0 Å². The van der Waals surface area contributed by atoms with Crippen LogP contribution in [0.15, 0.2) is 10.5 Å².